The van der Waals surface area contributed by atoms with E-state index in [0.717, 1.165) is 35.0 Å². The first-order valence-corrected chi connectivity index (χ1v) is 6.38. The molecule has 1 aromatic carbocycles. The number of aryl methyl sites for hydroxylation is 1. The molecule has 0 saturated heterocycles. The molecular formula is C14H15N3O2. The predicted octanol–water partition coefficient (Wildman–Crippen LogP) is 1.60. The third kappa shape index (κ3) is 2.02. The molecule has 0 bridgehead atoms. The van der Waals surface area contributed by atoms with Crippen molar-refractivity contribution in [3.05, 3.63) is 42.0 Å². The Morgan fingerprint density at radius 3 is 2.95 bits per heavy atom. The summed E-state index contributed by atoms with van der Waals surface area (Å²) in [5.41, 5.74) is 2.34. The van der Waals surface area contributed by atoms with Crippen LogP contribution in [0.3, 0.4) is 0 Å². The third-order valence-electron chi connectivity index (χ3n) is 3.31. The van der Waals surface area contributed by atoms with Crippen molar-refractivity contribution in [1.82, 2.24) is 9.55 Å². The Balaban J connectivity index is 2.17. The van der Waals surface area contributed by atoms with Gasteiger partial charge in [-0.2, -0.15) is 4.73 Å². The number of nitrogens with zero attached hydrogens (tertiary/aromatic N) is 3. The second-order valence-corrected chi connectivity index (χ2v) is 4.57. The lowest BCUT2D eigenvalue weighted by Gasteiger charge is -2.06. The molecule has 0 saturated carbocycles. The van der Waals surface area contributed by atoms with E-state index in [1.165, 1.54) is 6.20 Å². The lowest BCUT2D eigenvalue weighted by molar-refractivity contribution is -0.575. The normalized spacial score (nSPS) is 11.4. The van der Waals surface area contributed by atoms with Crippen LogP contribution in [0.2, 0.25) is 0 Å². The molecule has 0 aliphatic rings. The van der Waals surface area contributed by atoms with Crippen molar-refractivity contribution >= 4 is 21.9 Å². The van der Waals surface area contributed by atoms with Crippen molar-refractivity contribution in [2.45, 2.75) is 19.4 Å². The monoisotopic (exact) mass is 257 g/mol. The van der Waals surface area contributed by atoms with Gasteiger partial charge in [0.2, 0.25) is 11.7 Å². The molecule has 0 amide bonds. The molecule has 3 aromatic rings. The van der Waals surface area contributed by atoms with Crippen molar-refractivity contribution in [2.24, 2.45) is 0 Å². The first-order chi connectivity index (χ1) is 9.31. The van der Waals surface area contributed by atoms with E-state index in [1.54, 1.807) is 6.33 Å². The van der Waals surface area contributed by atoms with Crippen molar-refractivity contribution in [1.29, 1.82) is 0 Å². The molecule has 0 aliphatic carbocycles. The molecule has 0 unspecified atom stereocenters. The number of aliphatic hydroxyl groups is 1. The van der Waals surface area contributed by atoms with Gasteiger partial charge in [0.25, 0.3) is 0 Å². The van der Waals surface area contributed by atoms with Gasteiger partial charge in [-0.3, -0.25) is 0 Å². The number of imidazole rings is 1. The number of para-hydroxylation sites is 1. The van der Waals surface area contributed by atoms with Gasteiger partial charge in [0.1, 0.15) is 0 Å². The van der Waals surface area contributed by atoms with Crippen LogP contribution in [0, 0.1) is 5.21 Å². The minimum Gasteiger partial charge on any atom is -0.618 e. The zero-order valence-corrected chi connectivity index (χ0v) is 10.5. The van der Waals surface area contributed by atoms with Crippen molar-refractivity contribution in [3.8, 4) is 0 Å². The molecule has 0 atom stereocenters. The van der Waals surface area contributed by atoms with Crippen LogP contribution in [0.25, 0.3) is 21.9 Å². The maximum atomic E-state index is 11.9. The fourth-order valence-electron chi connectivity index (χ4n) is 2.40. The van der Waals surface area contributed by atoms with E-state index >= 15 is 0 Å². The van der Waals surface area contributed by atoms with Crippen LogP contribution in [0.15, 0.2) is 36.8 Å². The third-order valence-corrected chi connectivity index (χ3v) is 3.31. The first kappa shape index (κ1) is 11.9. The molecule has 1 N–H and O–H groups in total. The molecular weight excluding hydrogens is 242 g/mol. The molecule has 0 radical (unpaired) electrons. The highest BCUT2D eigenvalue weighted by Gasteiger charge is 2.13. The molecule has 0 spiro atoms. The highest BCUT2D eigenvalue weighted by Crippen LogP contribution is 2.21. The lowest BCUT2D eigenvalue weighted by Crippen LogP contribution is -2.26. The van der Waals surface area contributed by atoms with E-state index in [9.17, 15) is 5.21 Å². The van der Waals surface area contributed by atoms with E-state index in [1.807, 2.05) is 28.8 Å². The van der Waals surface area contributed by atoms with Gasteiger partial charge in [0.05, 0.1) is 17.2 Å². The van der Waals surface area contributed by atoms with Crippen LogP contribution in [0.1, 0.15) is 12.8 Å². The van der Waals surface area contributed by atoms with E-state index in [0.29, 0.717) is 11.0 Å². The van der Waals surface area contributed by atoms with Crippen molar-refractivity contribution in [2.75, 3.05) is 6.61 Å². The number of rotatable bonds is 4. The van der Waals surface area contributed by atoms with E-state index in [2.05, 4.69) is 4.98 Å². The number of hydrogen-bond donors (Lipinski definition) is 1. The Bertz CT molecular complexity index is 721. The van der Waals surface area contributed by atoms with E-state index in [-0.39, 0.29) is 6.61 Å². The summed E-state index contributed by atoms with van der Waals surface area (Å²) in [7, 11) is 0. The first-order valence-electron chi connectivity index (χ1n) is 6.38. The van der Waals surface area contributed by atoms with Gasteiger partial charge < -0.3 is 14.9 Å². The van der Waals surface area contributed by atoms with Crippen LogP contribution in [0.4, 0.5) is 0 Å². The Morgan fingerprint density at radius 1 is 1.26 bits per heavy atom. The average Bonchev–Trinajstić information content (AvgIpc) is 2.83. The standard InChI is InChI=1S/C14H15N3O2/c18-8-4-3-7-16-10-15-12-9-17(19)13-6-2-1-5-11(13)14(12)16/h1-2,5-6,9-10,18H,3-4,7-8H2. The van der Waals surface area contributed by atoms with Gasteiger partial charge in [-0.1, -0.05) is 12.1 Å². The predicted molar refractivity (Wildman–Crippen MR) is 72.5 cm³/mol. The summed E-state index contributed by atoms with van der Waals surface area (Å²) in [6, 6.07) is 7.53. The Hall–Kier alpha value is -2.14. The maximum Gasteiger partial charge on any atom is 0.226 e. The number of fused-ring (bicyclic) bond motifs is 3. The van der Waals surface area contributed by atoms with E-state index < -0.39 is 0 Å². The summed E-state index contributed by atoms with van der Waals surface area (Å²) in [6.45, 7) is 0.998. The topological polar surface area (TPSA) is 65.0 Å². The Labute approximate surface area is 110 Å². The maximum absolute atomic E-state index is 11.9. The summed E-state index contributed by atoms with van der Waals surface area (Å²) >= 11 is 0. The summed E-state index contributed by atoms with van der Waals surface area (Å²) in [6.07, 6.45) is 4.93. The van der Waals surface area contributed by atoms with E-state index in [4.69, 9.17) is 5.11 Å². The highest BCUT2D eigenvalue weighted by atomic mass is 16.5. The molecule has 0 aliphatic heterocycles. The zero-order valence-electron chi connectivity index (χ0n) is 10.5. The number of hydrogen-bond acceptors (Lipinski definition) is 3. The highest BCUT2D eigenvalue weighted by molar-refractivity contribution is 6.00. The summed E-state index contributed by atoms with van der Waals surface area (Å²) in [5, 5.41) is 21.7. The number of aromatic nitrogens is 3. The lowest BCUT2D eigenvalue weighted by atomic mass is 10.2. The molecule has 2 heterocycles. The molecule has 5 nitrogen and oxygen atoms in total. The molecule has 5 heteroatoms. The zero-order chi connectivity index (χ0) is 13.2. The second-order valence-electron chi connectivity index (χ2n) is 4.57. The largest absolute Gasteiger partial charge is 0.618 e. The smallest absolute Gasteiger partial charge is 0.226 e. The number of pyridine rings is 1. The Kier molecular flexibility index (Phi) is 3.05. The van der Waals surface area contributed by atoms with Crippen molar-refractivity contribution in [3.63, 3.8) is 0 Å². The molecule has 3 rings (SSSR count). The summed E-state index contributed by atoms with van der Waals surface area (Å²) in [4.78, 5) is 4.29. The quantitative estimate of drug-likeness (QED) is 0.438. The SMILES string of the molecule is [O-][n+]1cc2ncn(CCCCO)c2c2ccccc21. The Morgan fingerprint density at radius 2 is 2.11 bits per heavy atom. The minimum absolute atomic E-state index is 0.202. The summed E-state index contributed by atoms with van der Waals surface area (Å²) < 4.78 is 2.91. The van der Waals surface area contributed by atoms with Crippen LogP contribution < -0.4 is 4.73 Å². The average molecular weight is 257 g/mol. The number of benzene rings is 1. The van der Waals surface area contributed by atoms with Crippen molar-refractivity contribution < 1.29 is 9.84 Å². The van der Waals surface area contributed by atoms with Gasteiger partial charge in [-0.15, -0.1) is 0 Å². The summed E-state index contributed by atoms with van der Waals surface area (Å²) in [5.74, 6) is 0. The van der Waals surface area contributed by atoms with Gasteiger partial charge in [-0.05, 0) is 18.9 Å². The van der Waals surface area contributed by atoms with Crippen LogP contribution >= 0.6 is 0 Å². The second kappa shape index (κ2) is 4.85. The van der Waals surface area contributed by atoms with Gasteiger partial charge in [0, 0.05) is 19.2 Å². The van der Waals surface area contributed by atoms with Crippen LogP contribution in [-0.2, 0) is 6.54 Å². The molecule has 2 aromatic heterocycles. The van der Waals surface area contributed by atoms with Gasteiger partial charge in [-0.25, -0.2) is 4.98 Å². The molecule has 0 fully saturated rings. The fraction of sp³-hybridized carbons (Fsp3) is 0.286. The minimum atomic E-state index is 0.202. The van der Waals surface area contributed by atoms with Gasteiger partial charge >= 0.3 is 0 Å². The number of aliphatic hydroxyl groups excluding tert-OH is 1. The molecule has 19 heavy (non-hydrogen) atoms. The van der Waals surface area contributed by atoms with Crippen LogP contribution in [0.5, 0.6) is 0 Å². The van der Waals surface area contributed by atoms with Gasteiger partial charge in [0.15, 0.2) is 5.52 Å². The molecule has 98 valence electrons. The number of unbranched alkanes of at least 4 members (excludes halogenated alkanes) is 1. The van der Waals surface area contributed by atoms with Crippen LogP contribution in [-0.4, -0.2) is 21.3 Å². The fourth-order valence-corrected chi connectivity index (χ4v) is 2.40.